The molecule has 130 valence electrons. The van der Waals surface area contributed by atoms with E-state index in [0.29, 0.717) is 18.0 Å². The second-order valence-electron chi connectivity index (χ2n) is 6.64. The minimum atomic E-state index is -3.33. The molecule has 0 amide bonds. The maximum Gasteiger partial charge on any atom is 0.212 e. The smallest absolute Gasteiger partial charge is 0.212 e. The van der Waals surface area contributed by atoms with Gasteiger partial charge in [-0.05, 0) is 42.7 Å². The van der Waals surface area contributed by atoms with E-state index in [1.165, 1.54) is 6.26 Å². The van der Waals surface area contributed by atoms with Crippen molar-refractivity contribution in [2.24, 2.45) is 0 Å². The average molecular weight is 375 g/mol. The van der Waals surface area contributed by atoms with Crippen LogP contribution in [-0.4, -0.2) is 30.5 Å². The van der Waals surface area contributed by atoms with Crippen molar-refractivity contribution in [3.05, 3.63) is 69.9 Å². The van der Waals surface area contributed by atoms with Crippen molar-refractivity contribution in [2.45, 2.75) is 19.4 Å². The maximum atomic E-state index is 12.4. The van der Waals surface area contributed by atoms with Crippen LogP contribution < -0.4 is 0 Å². The topological polar surface area (TPSA) is 53.2 Å². The number of sulfonamides is 1. The van der Waals surface area contributed by atoms with Crippen LogP contribution in [-0.2, 0) is 16.4 Å². The fourth-order valence-corrected chi connectivity index (χ4v) is 4.88. The first kappa shape index (κ1) is 16.6. The number of aromatic amines is 1. The quantitative estimate of drug-likeness (QED) is 0.736. The standard InChI is InChI=1S/C19H19ClN2O2S/c1-12-3-5-13(6-4-12)19-18-15(9-10-22(19)25(2,23)24)16-11-14(20)7-8-17(16)21-18/h3-8,11,19,21H,9-10H2,1-2H3. The molecule has 0 saturated heterocycles. The summed E-state index contributed by atoms with van der Waals surface area (Å²) in [5.74, 6) is 0. The molecular weight excluding hydrogens is 356 g/mol. The highest BCUT2D eigenvalue weighted by Crippen LogP contribution is 2.40. The molecule has 0 spiro atoms. The second-order valence-corrected chi connectivity index (χ2v) is 9.02. The van der Waals surface area contributed by atoms with Gasteiger partial charge >= 0.3 is 0 Å². The Labute approximate surface area is 152 Å². The van der Waals surface area contributed by atoms with Gasteiger partial charge in [0.25, 0.3) is 0 Å². The lowest BCUT2D eigenvalue weighted by Crippen LogP contribution is -2.39. The van der Waals surface area contributed by atoms with Crippen molar-refractivity contribution in [3.8, 4) is 0 Å². The van der Waals surface area contributed by atoms with Gasteiger partial charge in [-0.25, -0.2) is 8.42 Å². The number of nitrogens with one attached hydrogen (secondary N) is 1. The number of hydrogen-bond acceptors (Lipinski definition) is 2. The van der Waals surface area contributed by atoms with E-state index in [1.807, 2.05) is 49.4 Å². The maximum absolute atomic E-state index is 12.4. The summed E-state index contributed by atoms with van der Waals surface area (Å²) in [4.78, 5) is 3.44. The molecule has 0 radical (unpaired) electrons. The SMILES string of the molecule is Cc1ccc(C2c3[nH]c4ccc(Cl)cc4c3CCN2S(C)(=O)=O)cc1. The van der Waals surface area contributed by atoms with E-state index in [4.69, 9.17) is 11.6 Å². The van der Waals surface area contributed by atoms with E-state index < -0.39 is 10.0 Å². The van der Waals surface area contributed by atoms with Gasteiger partial charge in [0.2, 0.25) is 10.0 Å². The first-order valence-corrected chi connectivity index (χ1v) is 10.4. The molecule has 2 heterocycles. The predicted molar refractivity (Wildman–Crippen MR) is 102 cm³/mol. The lowest BCUT2D eigenvalue weighted by Gasteiger charge is -2.34. The van der Waals surface area contributed by atoms with E-state index in [9.17, 15) is 8.42 Å². The number of halogens is 1. The molecule has 1 unspecified atom stereocenters. The Morgan fingerprint density at radius 2 is 1.88 bits per heavy atom. The van der Waals surface area contributed by atoms with Crippen molar-refractivity contribution in [1.29, 1.82) is 0 Å². The van der Waals surface area contributed by atoms with Crippen LogP contribution in [0, 0.1) is 6.92 Å². The van der Waals surface area contributed by atoms with Crippen LogP contribution in [0.25, 0.3) is 10.9 Å². The Morgan fingerprint density at radius 3 is 2.56 bits per heavy atom. The van der Waals surface area contributed by atoms with Crippen LogP contribution in [0.2, 0.25) is 5.02 Å². The minimum absolute atomic E-state index is 0.342. The van der Waals surface area contributed by atoms with E-state index in [0.717, 1.165) is 33.3 Å². The molecule has 4 rings (SSSR count). The molecule has 0 aliphatic carbocycles. The highest BCUT2D eigenvalue weighted by Gasteiger charge is 2.36. The number of hydrogen-bond donors (Lipinski definition) is 1. The molecule has 1 atom stereocenters. The third-order valence-electron chi connectivity index (χ3n) is 4.86. The minimum Gasteiger partial charge on any atom is -0.357 e. The summed E-state index contributed by atoms with van der Waals surface area (Å²) in [6, 6.07) is 13.5. The number of nitrogens with zero attached hydrogens (tertiary/aromatic N) is 1. The first-order chi connectivity index (χ1) is 11.8. The average Bonchev–Trinajstić information content (AvgIpc) is 2.92. The monoisotopic (exact) mass is 374 g/mol. The van der Waals surface area contributed by atoms with Gasteiger partial charge in [-0.3, -0.25) is 0 Å². The van der Waals surface area contributed by atoms with Gasteiger partial charge in [-0.1, -0.05) is 41.4 Å². The molecule has 2 aromatic carbocycles. The Hall–Kier alpha value is -1.82. The highest BCUT2D eigenvalue weighted by atomic mass is 35.5. The molecule has 1 N–H and O–H groups in total. The Kier molecular flexibility index (Phi) is 3.90. The molecule has 0 fully saturated rings. The number of aromatic nitrogens is 1. The van der Waals surface area contributed by atoms with Crippen LogP contribution in [0.15, 0.2) is 42.5 Å². The number of rotatable bonds is 2. The van der Waals surface area contributed by atoms with Gasteiger partial charge in [0.15, 0.2) is 0 Å². The van der Waals surface area contributed by atoms with Crippen molar-refractivity contribution >= 4 is 32.5 Å². The molecule has 1 aliphatic rings. The summed E-state index contributed by atoms with van der Waals surface area (Å²) in [6.07, 6.45) is 1.95. The van der Waals surface area contributed by atoms with E-state index in [1.54, 1.807) is 4.31 Å². The van der Waals surface area contributed by atoms with Crippen LogP contribution in [0.3, 0.4) is 0 Å². The summed E-state index contributed by atoms with van der Waals surface area (Å²) in [7, 11) is -3.33. The molecule has 6 heteroatoms. The molecule has 3 aromatic rings. The normalized spacial score (nSPS) is 18.4. The van der Waals surface area contributed by atoms with E-state index >= 15 is 0 Å². The number of benzene rings is 2. The van der Waals surface area contributed by atoms with Gasteiger partial charge in [0.1, 0.15) is 0 Å². The van der Waals surface area contributed by atoms with Gasteiger partial charge in [-0.2, -0.15) is 4.31 Å². The first-order valence-electron chi connectivity index (χ1n) is 8.18. The number of H-pyrrole nitrogens is 1. The number of fused-ring (bicyclic) bond motifs is 3. The van der Waals surface area contributed by atoms with Gasteiger partial charge in [0.05, 0.1) is 12.3 Å². The summed E-state index contributed by atoms with van der Waals surface area (Å²) in [5, 5.41) is 1.76. The third kappa shape index (κ3) is 2.86. The van der Waals surface area contributed by atoms with Gasteiger partial charge in [0, 0.05) is 28.2 Å². The van der Waals surface area contributed by atoms with Gasteiger partial charge in [-0.15, -0.1) is 0 Å². The summed E-state index contributed by atoms with van der Waals surface area (Å²) in [6.45, 7) is 2.49. The van der Waals surface area contributed by atoms with Crippen LogP contribution in [0.1, 0.15) is 28.4 Å². The fraction of sp³-hybridized carbons (Fsp3) is 0.263. The molecule has 0 bridgehead atoms. The van der Waals surface area contributed by atoms with Crippen LogP contribution >= 0.6 is 11.6 Å². The summed E-state index contributed by atoms with van der Waals surface area (Å²) >= 11 is 6.17. The number of aryl methyl sites for hydroxylation is 1. The van der Waals surface area contributed by atoms with Gasteiger partial charge < -0.3 is 4.98 Å². The molecule has 4 nitrogen and oxygen atoms in total. The van der Waals surface area contributed by atoms with Crippen LogP contribution in [0.5, 0.6) is 0 Å². The van der Waals surface area contributed by atoms with Crippen molar-refractivity contribution in [1.82, 2.24) is 9.29 Å². The lowest BCUT2D eigenvalue weighted by atomic mass is 9.94. The summed E-state index contributed by atoms with van der Waals surface area (Å²) in [5.41, 5.74) is 5.20. The van der Waals surface area contributed by atoms with Crippen molar-refractivity contribution < 1.29 is 8.42 Å². The predicted octanol–water partition coefficient (Wildman–Crippen LogP) is 4.04. The fourth-order valence-electron chi connectivity index (χ4n) is 3.68. The van der Waals surface area contributed by atoms with Crippen LogP contribution in [0.4, 0.5) is 0 Å². The Bertz CT molecular complexity index is 1050. The zero-order valence-corrected chi connectivity index (χ0v) is 15.7. The van der Waals surface area contributed by atoms with E-state index in [2.05, 4.69) is 4.98 Å². The second kappa shape index (κ2) is 5.87. The zero-order chi connectivity index (χ0) is 17.8. The Balaban J connectivity index is 1.96. The van der Waals surface area contributed by atoms with Crippen molar-refractivity contribution in [3.63, 3.8) is 0 Å². The molecular formula is C19H19ClN2O2S. The highest BCUT2D eigenvalue weighted by molar-refractivity contribution is 7.88. The molecule has 1 aliphatic heterocycles. The van der Waals surface area contributed by atoms with E-state index in [-0.39, 0.29) is 6.04 Å². The Morgan fingerprint density at radius 1 is 1.16 bits per heavy atom. The molecule has 0 saturated carbocycles. The zero-order valence-electron chi connectivity index (χ0n) is 14.1. The lowest BCUT2D eigenvalue weighted by molar-refractivity contribution is 0.343. The largest absolute Gasteiger partial charge is 0.357 e. The summed E-state index contributed by atoms with van der Waals surface area (Å²) < 4.78 is 26.4. The molecule has 1 aromatic heterocycles. The van der Waals surface area contributed by atoms with Crippen molar-refractivity contribution in [2.75, 3.05) is 12.8 Å². The molecule has 25 heavy (non-hydrogen) atoms. The third-order valence-corrected chi connectivity index (χ3v) is 6.34.